The molecule has 0 atom stereocenters. The molecule has 0 bridgehead atoms. The molecule has 182 valence electrons. The van der Waals surface area contributed by atoms with E-state index in [1.165, 1.54) is 15.0 Å². The number of aromatic nitrogens is 4. The Morgan fingerprint density at radius 1 is 0.971 bits per heavy atom. The summed E-state index contributed by atoms with van der Waals surface area (Å²) in [7, 11) is 0. The predicted molar refractivity (Wildman–Crippen MR) is 134 cm³/mol. The maximum absolute atomic E-state index is 13.5. The average Bonchev–Trinajstić information content (AvgIpc) is 3.14. The lowest BCUT2D eigenvalue weighted by Gasteiger charge is -2.12. The van der Waals surface area contributed by atoms with Crippen molar-refractivity contribution in [3.63, 3.8) is 0 Å². The topological polar surface area (TPSA) is 107 Å². The highest BCUT2D eigenvalue weighted by atomic mass is 16.2. The SMILES string of the molecule is CC(C)CCn1c(=O)c2ccc(C(=O)NC(C)C)cc2n2c(=O)n(CC(=O)c3ccccc3)nc12. The molecule has 2 heterocycles. The van der Waals surface area contributed by atoms with Crippen LogP contribution in [0.25, 0.3) is 16.7 Å². The molecule has 9 heteroatoms. The van der Waals surface area contributed by atoms with Gasteiger partial charge in [0.15, 0.2) is 5.78 Å². The number of ketones is 1. The Morgan fingerprint density at radius 2 is 1.69 bits per heavy atom. The Bertz CT molecular complexity index is 1530. The molecule has 0 radical (unpaired) electrons. The molecule has 35 heavy (non-hydrogen) atoms. The summed E-state index contributed by atoms with van der Waals surface area (Å²) < 4.78 is 3.87. The van der Waals surface area contributed by atoms with Crippen molar-refractivity contribution < 1.29 is 9.59 Å². The van der Waals surface area contributed by atoms with Gasteiger partial charge < -0.3 is 5.32 Å². The first kappa shape index (κ1) is 24.1. The summed E-state index contributed by atoms with van der Waals surface area (Å²) in [5.41, 5.74) is 0.230. The van der Waals surface area contributed by atoms with Crippen LogP contribution in [0, 0.1) is 5.92 Å². The van der Waals surface area contributed by atoms with Crippen molar-refractivity contribution in [2.75, 3.05) is 0 Å². The second-order valence-corrected chi connectivity index (χ2v) is 9.36. The van der Waals surface area contributed by atoms with Crippen molar-refractivity contribution in [2.24, 2.45) is 5.92 Å². The van der Waals surface area contributed by atoms with Crippen molar-refractivity contribution >= 4 is 28.4 Å². The van der Waals surface area contributed by atoms with E-state index in [-0.39, 0.29) is 41.1 Å². The molecule has 0 aliphatic rings. The van der Waals surface area contributed by atoms with Crippen LogP contribution in [0.15, 0.2) is 58.1 Å². The van der Waals surface area contributed by atoms with Crippen LogP contribution in [-0.2, 0) is 13.1 Å². The summed E-state index contributed by atoms with van der Waals surface area (Å²) in [6, 6.07) is 13.3. The largest absolute Gasteiger partial charge is 0.352 e. The molecule has 0 spiro atoms. The Hall–Kier alpha value is -4.01. The molecule has 0 aliphatic carbocycles. The van der Waals surface area contributed by atoms with Crippen LogP contribution >= 0.6 is 0 Å². The van der Waals surface area contributed by atoms with Gasteiger partial charge in [0, 0.05) is 23.7 Å². The lowest BCUT2D eigenvalue weighted by molar-refractivity contribution is 0.0940. The van der Waals surface area contributed by atoms with Gasteiger partial charge in [0.1, 0.15) is 6.54 Å². The van der Waals surface area contributed by atoms with Gasteiger partial charge in [-0.3, -0.25) is 19.0 Å². The first-order valence-corrected chi connectivity index (χ1v) is 11.7. The summed E-state index contributed by atoms with van der Waals surface area (Å²) in [4.78, 5) is 52.3. The number of fused-ring (bicyclic) bond motifs is 3. The van der Waals surface area contributed by atoms with Gasteiger partial charge in [-0.1, -0.05) is 44.2 Å². The monoisotopic (exact) mass is 475 g/mol. The molecule has 0 unspecified atom stereocenters. The number of hydrogen-bond donors (Lipinski definition) is 1. The van der Waals surface area contributed by atoms with Gasteiger partial charge in [-0.25, -0.2) is 13.9 Å². The number of nitrogens with one attached hydrogen (secondary N) is 1. The highest BCUT2D eigenvalue weighted by Crippen LogP contribution is 2.16. The van der Waals surface area contributed by atoms with E-state index in [2.05, 4.69) is 10.4 Å². The molecule has 4 rings (SSSR count). The molecule has 2 aromatic heterocycles. The van der Waals surface area contributed by atoms with E-state index in [1.54, 1.807) is 42.5 Å². The Kier molecular flexibility index (Phi) is 6.68. The molecular weight excluding hydrogens is 446 g/mol. The molecule has 0 fully saturated rings. The van der Waals surface area contributed by atoms with Gasteiger partial charge in [0.2, 0.25) is 5.78 Å². The third-order valence-electron chi connectivity index (χ3n) is 5.78. The number of benzene rings is 2. The summed E-state index contributed by atoms with van der Waals surface area (Å²) in [5, 5.41) is 7.52. The van der Waals surface area contributed by atoms with Crippen molar-refractivity contribution in [1.29, 1.82) is 0 Å². The quantitative estimate of drug-likeness (QED) is 0.394. The highest BCUT2D eigenvalue weighted by Gasteiger charge is 2.20. The number of carbonyl (C=O) groups is 2. The van der Waals surface area contributed by atoms with Crippen molar-refractivity contribution in [2.45, 2.75) is 53.2 Å². The van der Waals surface area contributed by atoms with Gasteiger partial charge in [-0.05, 0) is 44.4 Å². The molecule has 0 saturated carbocycles. The van der Waals surface area contributed by atoms with E-state index in [4.69, 9.17) is 0 Å². The zero-order valence-corrected chi connectivity index (χ0v) is 20.3. The first-order chi connectivity index (χ1) is 16.7. The zero-order valence-electron chi connectivity index (χ0n) is 20.3. The number of nitrogens with zero attached hydrogens (tertiary/aromatic N) is 4. The van der Waals surface area contributed by atoms with E-state index in [1.807, 2.05) is 27.7 Å². The number of hydrogen-bond acceptors (Lipinski definition) is 5. The molecule has 4 aromatic rings. The van der Waals surface area contributed by atoms with Crippen LogP contribution in [-0.4, -0.2) is 36.5 Å². The van der Waals surface area contributed by atoms with Crippen LogP contribution in [0.2, 0.25) is 0 Å². The van der Waals surface area contributed by atoms with Gasteiger partial charge >= 0.3 is 5.69 Å². The van der Waals surface area contributed by atoms with Crippen LogP contribution < -0.4 is 16.6 Å². The van der Waals surface area contributed by atoms with Crippen molar-refractivity contribution in [3.05, 3.63) is 80.5 Å². The highest BCUT2D eigenvalue weighted by molar-refractivity contribution is 5.98. The summed E-state index contributed by atoms with van der Waals surface area (Å²) >= 11 is 0. The van der Waals surface area contributed by atoms with Gasteiger partial charge in [-0.15, -0.1) is 5.10 Å². The Morgan fingerprint density at radius 3 is 2.34 bits per heavy atom. The minimum absolute atomic E-state index is 0.0725. The Balaban J connectivity index is 1.93. The Labute approximate surface area is 202 Å². The minimum Gasteiger partial charge on any atom is -0.350 e. The third kappa shape index (κ3) is 4.80. The van der Waals surface area contributed by atoms with Crippen LogP contribution in [0.5, 0.6) is 0 Å². The lowest BCUT2D eigenvalue weighted by Crippen LogP contribution is -2.31. The zero-order chi connectivity index (χ0) is 25.3. The van der Waals surface area contributed by atoms with Gasteiger partial charge in [-0.2, -0.15) is 0 Å². The maximum atomic E-state index is 13.5. The number of aryl methyl sites for hydroxylation is 1. The van der Waals surface area contributed by atoms with Crippen molar-refractivity contribution in [1.82, 2.24) is 24.1 Å². The fraction of sp³-hybridized carbons (Fsp3) is 0.346. The average molecular weight is 476 g/mol. The van der Waals surface area contributed by atoms with Crippen LogP contribution in [0.3, 0.4) is 0 Å². The second-order valence-electron chi connectivity index (χ2n) is 9.36. The normalized spacial score (nSPS) is 11.6. The number of rotatable bonds is 8. The summed E-state index contributed by atoms with van der Waals surface area (Å²) in [5.74, 6) is -0.101. The van der Waals surface area contributed by atoms with Crippen LogP contribution in [0.1, 0.15) is 54.8 Å². The van der Waals surface area contributed by atoms with E-state index in [9.17, 15) is 19.2 Å². The van der Waals surface area contributed by atoms with Crippen LogP contribution in [0.4, 0.5) is 0 Å². The summed E-state index contributed by atoms with van der Waals surface area (Å²) in [6.45, 7) is 7.90. The molecular formula is C26H29N5O4. The number of carbonyl (C=O) groups excluding carboxylic acids is 2. The molecule has 1 N–H and O–H groups in total. The molecule has 2 aromatic carbocycles. The maximum Gasteiger partial charge on any atom is 0.352 e. The first-order valence-electron chi connectivity index (χ1n) is 11.7. The molecule has 0 aliphatic heterocycles. The minimum atomic E-state index is -0.547. The van der Waals surface area contributed by atoms with Gasteiger partial charge in [0.25, 0.3) is 11.5 Å². The third-order valence-corrected chi connectivity index (χ3v) is 5.78. The smallest absolute Gasteiger partial charge is 0.350 e. The standard InChI is InChI=1S/C26H29N5O4/c1-16(2)12-13-29-24(34)20-11-10-19(23(33)27-17(3)4)14-21(20)31-25(29)28-30(26(31)35)15-22(32)18-8-6-5-7-9-18/h5-11,14,16-17H,12-13,15H2,1-4H3,(H,27,33). The molecule has 9 nitrogen and oxygen atoms in total. The predicted octanol–water partition coefficient (Wildman–Crippen LogP) is 2.88. The fourth-order valence-electron chi connectivity index (χ4n) is 3.95. The van der Waals surface area contributed by atoms with E-state index >= 15 is 0 Å². The van der Waals surface area contributed by atoms with E-state index in [0.717, 1.165) is 4.68 Å². The number of Topliss-reactive ketones (excluding diaryl/α,β-unsaturated/α-hetero) is 1. The number of amides is 1. The van der Waals surface area contributed by atoms with E-state index in [0.29, 0.717) is 35.4 Å². The van der Waals surface area contributed by atoms with Gasteiger partial charge in [0.05, 0.1) is 10.9 Å². The summed E-state index contributed by atoms with van der Waals surface area (Å²) in [6.07, 6.45) is 0.708. The van der Waals surface area contributed by atoms with Crippen molar-refractivity contribution in [3.8, 4) is 0 Å². The molecule has 0 saturated heterocycles. The fourth-order valence-corrected chi connectivity index (χ4v) is 3.95. The second kappa shape index (κ2) is 9.69. The van der Waals surface area contributed by atoms with E-state index < -0.39 is 5.69 Å². The lowest BCUT2D eigenvalue weighted by atomic mass is 10.1. The molecule has 1 amide bonds.